The summed E-state index contributed by atoms with van der Waals surface area (Å²) in [6.07, 6.45) is 1.21. The van der Waals surface area contributed by atoms with Crippen molar-refractivity contribution in [2.75, 3.05) is 44.2 Å². The fourth-order valence-electron chi connectivity index (χ4n) is 5.20. The number of para-hydroxylation sites is 1. The molecule has 2 aromatic carbocycles. The van der Waals surface area contributed by atoms with Crippen molar-refractivity contribution in [2.45, 2.75) is 19.8 Å². The molecule has 11 heteroatoms. The molecule has 0 saturated carbocycles. The van der Waals surface area contributed by atoms with E-state index in [4.69, 9.17) is 9.15 Å². The minimum absolute atomic E-state index is 0.0754. The summed E-state index contributed by atoms with van der Waals surface area (Å²) in [5, 5.41) is 22.6. The quantitative estimate of drug-likeness (QED) is 0.261. The zero-order valence-corrected chi connectivity index (χ0v) is 21.9. The van der Waals surface area contributed by atoms with E-state index < -0.39 is 16.8 Å². The number of carbonyl (C=O) groups excluding carboxylic acids is 1. The van der Waals surface area contributed by atoms with Crippen LogP contribution in [0.5, 0.6) is 0 Å². The highest BCUT2D eigenvalue weighted by molar-refractivity contribution is 5.97. The van der Waals surface area contributed by atoms with Gasteiger partial charge in [-0.1, -0.05) is 30.3 Å². The Morgan fingerprint density at radius 3 is 2.56 bits per heavy atom. The lowest BCUT2D eigenvalue weighted by Crippen LogP contribution is -2.47. The molecule has 5 rings (SSSR count). The van der Waals surface area contributed by atoms with E-state index in [1.807, 2.05) is 25.1 Å². The second-order valence-corrected chi connectivity index (χ2v) is 9.53. The van der Waals surface area contributed by atoms with E-state index in [9.17, 15) is 14.9 Å². The van der Waals surface area contributed by atoms with Crippen LogP contribution < -0.4 is 10.2 Å². The molecule has 39 heavy (non-hydrogen) atoms. The predicted octanol–water partition coefficient (Wildman–Crippen LogP) is 3.74. The first kappa shape index (κ1) is 26.1. The molecule has 0 spiro atoms. The summed E-state index contributed by atoms with van der Waals surface area (Å²) < 4.78 is 11.3. The van der Waals surface area contributed by atoms with Crippen LogP contribution in [0.2, 0.25) is 0 Å². The summed E-state index contributed by atoms with van der Waals surface area (Å²) in [6, 6.07) is 16.6. The van der Waals surface area contributed by atoms with Gasteiger partial charge in [0.15, 0.2) is 0 Å². The number of nitrogens with zero attached hydrogens (tertiary/aromatic N) is 5. The summed E-state index contributed by atoms with van der Waals surface area (Å²) in [7, 11) is 0. The molecule has 11 nitrogen and oxygen atoms in total. The highest BCUT2D eigenvalue weighted by Gasteiger charge is 2.37. The van der Waals surface area contributed by atoms with E-state index in [0.717, 1.165) is 26.2 Å². The van der Waals surface area contributed by atoms with Crippen LogP contribution in [0.25, 0.3) is 5.57 Å². The number of allylic oxidation sites excluding steroid dienone is 3. The highest BCUT2D eigenvalue weighted by atomic mass is 16.6. The lowest BCUT2D eigenvalue weighted by molar-refractivity contribution is -0.384. The fraction of sp³-hybridized carbons (Fsp3) is 0.321. The van der Waals surface area contributed by atoms with E-state index in [1.54, 1.807) is 19.1 Å². The van der Waals surface area contributed by atoms with Crippen molar-refractivity contribution < 1.29 is 18.9 Å². The third kappa shape index (κ3) is 5.68. The van der Waals surface area contributed by atoms with Crippen molar-refractivity contribution in [1.82, 2.24) is 20.4 Å². The zero-order chi connectivity index (χ0) is 27.4. The lowest BCUT2D eigenvalue weighted by Gasteiger charge is -2.36. The molecule has 0 aliphatic carbocycles. The van der Waals surface area contributed by atoms with Crippen LogP contribution in [0.1, 0.15) is 31.2 Å². The average Bonchev–Trinajstić information content (AvgIpc) is 3.48. The van der Waals surface area contributed by atoms with Crippen molar-refractivity contribution in [2.24, 2.45) is 0 Å². The maximum atomic E-state index is 13.5. The van der Waals surface area contributed by atoms with Crippen LogP contribution >= 0.6 is 0 Å². The number of non-ortho nitro benzene ring substituents is 1. The van der Waals surface area contributed by atoms with Gasteiger partial charge in [0, 0.05) is 67.5 Å². The third-order valence-electron chi connectivity index (χ3n) is 7.12. The molecule has 0 bridgehead atoms. The van der Waals surface area contributed by atoms with Gasteiger partial charge in [-0.15, -0.1) is 10.2 Å². The van der Waals surface area contributed by atoms with Gasteiger partial charge in [0.2, 0.25) is 12.3 Å². The van der Waals surface area contributed by atoms with Crippen LogP contribution in [0.15, 0.2) is 82.4 Å². The summed E-state index contributed by atoms with van der Waals surface area (Å²) in [5.74, 6) is -0.956. The lowest BCUT2D eigenvalue weighted by atomic mass is 9.80. The number of dihydropyridines is 1. The first-order valence-electron chi connectivity index (χ1n) is 12.8. The number of nitro benzene ring substituents is 1. The standard InChI is InChI=1S/C28H30N6O5/c1-19-24(27-31-29-18-39-27)26(21-7-6-10-23(17-21)34(36)37)25(20(2)30-19)28(35)38-16-15-32-11-13-33(14-12-32)22-8-4-3-5-9-22/h3-10,17-18,26,30H,11-16H2,1-2H3. The van der Waals surface area contributed by atoms with Gasteiger partial charge in [-0.25, -0.2) is 4.79 Å². The molecule has 1 unspecified atom stereocenters. The Morgan fingerprint density at radius 2 is 1.87 bits per heavy atom. The molecule has 0 radical (unpaired) electrons. The van der Waals surface area contributed by atoms with E-state index in [-0.39, 0.29) is 18.2 Å². The van der Waals surface area contributed by atoms with Crippen molar-refractivity contribution in [3.05, 3.63) is 99.5 Å². The fourth-order valence-corrected chi connectivity index (χ4v) is 5.20. The monoisotopic (exact) mass is 530 g/mol. The summed E-state index contributed by atoms with van der Waals surface area (Å²) in [4.78, 5) is 29.2. The summed E-state index contributed by atoms with van der Waals surface area (Å²) >= 11 is 0. The number of rotatable bonds is 8. The van der Waals surface area contributed by atoms with Crippen molar-refractivity contribution in [1.29, 1.82) is 0 Å². The Hall–Kier alpha value is -4.51. The molecule has 2 aliphatic heterocycles. The number of esters is 1. The molecular weight excluding hydrogens is 500 g/mol. The van der Waals surface area contributed by atoms with Gasteiger partial charge in [0.05, 0.1) is 16.4 Å². The van der Waals surface area contributed by atoms with Gasteiger partial charge in [0.25, 0.3) is 5.69 Å². The molecule has 3 aromatic rings. The number of carbonyl (C=O) groups is 1. The number of nitrogens with one attached hydrogen (secondary N) is 1. The predicted molar refractivity (Wildman–Crippen MR) is 145 cm³/mol. The molecule has 1 N–H and O–H groups in total. The first-order chi connectivity index (χ1) is 18.9. The molecule has 2 aliphatic rings. The van der Waals surface area contributed by atoms with Gasteiger partial charge in [-0.3, -0.25) is 15.0 Å². The zero-order valence-electron chi connectivity index (χ0n) is 21.9. The van der Waals surface area contributed by atoms with Crippen LogP contribution in [-0.4, -0.2) is 65.3 Å². The van der Waals surface area contributed by atoms with Crippen LogP contribution in [0.4, 0.5) is 11.4 Å². The number of benzene rings is 2. The molecule has 1 aromatic heterocycles. The molecule has 3 heterocycles. The minimum atomic E-state index is -0.687. The van der Waals surface area contributed by atoms with Gasteiger partial charge in [-0.05, 0) is 31.5 Å². The second kappa shape index (κ2) is 11.5. The Morgan fingerprint density at radius 1 is 1.10 bits per heavy atom. The normalized spacial score (nSPS) is 18.2. The number of piperazine rings is 1. The maximum Gasteiger partial charge on any atom is 0.336 e. The number of ether oxygens (including phenoxy) is 1. The Labute approximate surface area is 225 Å². The maximum absolute atomic E-state index is 13.5. The van der Waals surface area contributed by atoms with Gasteiger partial charge in [0.1, 0.15) is 6.61 Å². The van der Waals surface area contributed by atoms with E-state index in [0.29, 0.717) is 34.6 Å². The van der Waals surface area contributed by atoms with Crippen molar-refractivity contribution in [3.63, 3.8) is 0 Å². The van der Waals surface area contributed by atoms with E-state index in [2.05, 4.69) is 37.4 Å². The Balaban J connectivity index is 1.31. The van der Waals surface area contributed by atoms with Gasteiger partial charge < -0.3 is 19.4 Å². The summed E-state index contributed by atoms with van der Waals surface area (Å²) in [6.45, 7) is 8.01. The number of anilines is 1. The highest BCUT2D eigenvalue weighted by Crippen LogP contribution is 2.43. The van der Waals surface area contributed by atoms with Crippen molar-refractivity contribution >= 4 is 22.9 Å². The number of hydrogen-bond donors (Lipinski definition) is 1. The Kier molecular flexibility index (Phi) is 7.69. The molecular formula is C28H30N6O5. The number of hydrogen-bond acceptors (Lipinski definition) is 10. The van der Waals surface area contributed by atoms with E-state index in [1.165, 1.54) is 24.2 Å². The van der Waals surface area contributed by atoms with E-state index >= 15 is 0 Å². The molecule has 1 atom stereocenters. The van der Waals surface area contributed by atoms with Crippen molar-refractivity contribution in [3.8, 4) is 0 Å². The molecule has 202 valence electrons. The number of aromatic nitrogens is 2. The first-order valence-corrected chi connectivity index (χ1v) is 12.8. The summed E-state index contributed by atoms with van der Waals surface area (Å²) in [5.41, 5.74) is 3.93. The van der Waals surface area contributed by atoms with Gasteiger partial charge >= 0.3 is 5.97 Å². The topological polar surface area (TPSA) is 127 Å². The third-order valence-corrected chi connectivity index (χ3v) is 7.12. The largest absolute Gasteiger partial charge is 0.461 e. The average molecular weight is 531 g/mol. The van der Waals surface area contributed by atoms with Gasteiger partial charge in [-0.2, -0.15) is 0 Å². The second-order valence-electron chi connectivity index (χ2n) is 9.53. The van der Waals surface area contributed by atoms with Crippen LogP contribution in [0, 0.1) is 10.1 Å². The number of nitro groups is 1. The SMILES string of the molecule is CC1=C(C(=O)OCCN2CCN(c3ccccc3)CC2)C(c2cccc([N+](=O)[O-])c2)C(c2nnco2)=C(C)N1. The molecule has 1 fully saturated rings. The molecule has 0 amide bonds. The van der Waals surface area contributed by atoms with Crippen LogP contribution in [0.3, 0.4) is 0 Å². The smallest absolute Gasteiger partial charge is 0.336 e. The van der Waals surface area contributed by atoms with Crippen LogP contribution in [-0.2, 0) is 9.53 Å². The molecule has 1 saturated heterocycles. The minimum Gasteiger partial charge on any atom is -0.461 e. The Bertz CT molecular complexity index is 1390.